The second-order valence-corrected chi connectivity index (χ2v) is 7.18. The zero-order valence-corrected chi connectivity index (χ0v) is 14.9. The number of nitrogens with zero attached hydrogens (tertiary/aromatic N) is 3. The Hall–Kier alpha value is -3.22. The highest BCUT2D eigenvalue weighted by Gasteiger charge is 2.47. The molecule has 1 atom stereocenters. The maximum Gasteiger partial charge on any atom is 0.269 e. The Balaban J connectivity index is 1.82. The van der Waals surface area contributed by atoms with Gasteiger partial charge in [0.25, 0.3) is 11.4 Å². The van der Waals surface area contributed by atoms with Crippen molar-refractivity contribution in [2.45, 2.75) is 31.1 Å². The summed E-state index contributed by atoms with van der Waals surface area (Å²) in [6, 6.07) is 11.7. The Morgan fingerprint density at radius 3 is 2.37 bits per heavy atom. The SMILES string of the molecule is CN1C2=CCCCC2(Cc2ccc([N+](=O)[O-])cc2)c2cc([N+](=O)[O-])ccc21. The molecule has 0 radical (unpaired) electrons. The van der Waals surface area contributed by atoms with E-state index in [2.05, 4.69) is 11.0 Å². The zero-order chi connectivity index (χ0) is 19.2. The first-order chi connectivity index (χ1) is 12.9. The summed E-state index contributed by atoms with van der Waals surface area (Å²) in [4.78, 5) is 23.6. The minimum absolute atomic E-state index is 0.0650. The topological polar surface area (TPSA) is 89.5 Å². The maximum absolute atomic E-state index is 11.3. The summed E-state index contributed by atoms with van der Waals surface area (Å²) in [5, 5.41) is 22.2. The van der Waals surface area contributed by atoms with E-state index in [1.54, 1.807) is 24.3 Å². The molecule has 0 N–H and O–H groups in total. The van der Waals surface area contributed by atoms with E-state index in [0.717, 1.165) is 36.1 Å². The van der Waals surface area contributed by atoms with Gasteiger partial charge in [-0.25, -0.2) is 0 Å². The minimum Gasteiger partial charge on any atom is -0.347 e. The highest BCUT2D eigenvalue weighted by atomic mass is 16.6. The highest BCUT2D eigenvalue weighted by Crippen LogP contribution is 2.54. The minimum atomic E-state index is -0.407. The molecule has 0 amide bonds. The molecule has 1 aliphatic heterocycles. The Bertz CT molecular complexity index is 968. The molecule has 2 aliphatic rings. The molecule has 1 unspecified atom stereocenters. The molecular formula is C20H19N3O4. The molecular weight excluding hydrogens is 346 g/mol. The fourth-order valence-electron chi connectivity index (χ4n) is 4.50. The third kappa shape index (κ3) is 2.66. The lowest BCUT2D eigenvalue weighted by molar-refractivity contribution is -0.385. The maximum atomic E-state index is 11.3. The predicted octanol–water partition coefficient (Wildman–Crippen LogP) is 4.50. The fraction of sp³-hybridized carbons (Fsp3) is 0.300. The lowest BCUT2D eigenvalue weighted by atomic mass is 9.69. The quantitative estimate of drug-likeness (QED) is 0.588. The summed E-state index contributed by atoms with van der Waals surface area (Å²) in [5.74, 6) is 0. The molecule has 138 valence electrons. The average Bonchev–Trinajstić information content (AvgIpc) is 2.91. The lowest BCUT2D eigenvalue weighted by Gasteiger charge is -2.36. The van der Waals surface area contributed by atoms with Crippen LogP contribution in [0.15, 0.2) is 54.2 Å². The van der Waals surface area contributed by atoms with Crippen molar-refractivity contribution in [2.24, 2.45) is 0 Å². The Labute approximate surface area is 156 Å². The van der Waals surface area contributed by atoms with E-state index in [-0.39, 0.29) is 21.7 Å². The third-order valence-electron chi connectivity index (χ3n) is 5.72. The van der Waals surface area contributed by atoms with Crippen LogP contribution in [0.1, 0.15) is 30.4 Å². The van der Waals surface area contributed by atoms with Crippen LogP contribution in [0.5, 0.6) is 0 Å². The van der Waals surface area contributed by atoms with E-state index < -0.39 is 4.92 Å². The van der Waals surface area contributed by atoms with Crippen molar-refractivity contribution in [3.05, 3.63) is 85.6 Å². The van der Waals surface area contributed by atoms with E-state index in [4.69, 9.17) is 0 Å². The standard InChI is InChI=1S/C20H19N3O4/c1-21-18-10-9-16(23(26)27)12-17(18)20(11-3-2-4-19(20)21)13-14-5-7-15(8-6-14)22(24)25/h4-10,12H,2-3,11,13H2,1H3. The summed E-state index contributed by atoms with van der Waals surface area (Å²) >= 11 is 0. The van der Waals surface area contributed by atoms with Gasteiger partial charge in [-0.1, -0.05) is 18.2 Å². The van der Waals surface area contributed by atoms with E-state index in [1.165, 1.54) is 17.8 Å². The monoisotopic (exact) mass is 365 g/mol. The first-order valence-electron chi connectivity index (χ1n) is 8.89. The van der Waals surface area contributed by atoms with Gasteiger partial charge in [-0.05, 0) is 42.9 Å². The van der Waals surface area contributed by atoms with Crippen LogP contribution in [0.25, 0.3) is 0 Å². The molecule has 0 saturated heterocycles. The van der Waals surface area contributed by atoms with Gasteiger partial charge < -0.3 is 4.90 Å². The van der Waals surface area contributed by atoms with Gasteiger partial charge in [-0.2, -0.15) is 0 Å². The Morgan fingerprint density at radius 2 is 1.70 bits per heavy atom. The molecule has 2 aromatic carbocycles. The van der Waals surface area contributed by atoms with Crippen LogP contribution in [0.4, 0.5) is 17.1 Å². The number of fused-ring (bicyclic) bond motifs is 3. The van der Waals surface area contributed by atoms with Gasteiger partial charge in [-0.15, -0.1) is 0 Å². The first kappa shape index (κ1) is 17.2. The normalized spacial score (nSPS) is 20.6. The molecule has 1 aliphatic carbocycles. The van der Waals surface area contributed by atoms with Crippen LogP contribution in [0, 0.1) is 20.2 Å². The van der Waals surface area contributed by atoms with Crippen molar-refractivity contribution in [3.8, 4) is 0 Å². The van der Waals surface area contributed by atoms with E-state index >= 15 is 0 Å². The van der Waals surface area contributed by atoms with Crippen molar-refractivity contribution < 1.29 is 9.85 Å². The second kappa shape index (κ2) is 6.19. The summed E-state index contributed by atoms with van der Waals surface area (Å²) in [6.07, 6.45) is 5.77. The number of nitro benzene ring substituents is 2. The van der Waals surface area contributed by atoms with Gasteiger partial charge >= 0.3 is 0 Å². The number of rotatable bonds is 4. The fourth-order valence-corrected chi connectivity index (χ4v) is 4.50. The second-order valence-electron chi connectivity index (χ2n) is 7.18. The lowest BCUT2D eigenvalue weighted by Crippen LogP contribution is -2.34. The molecule has 27 heavy (non-hydrogen) atoms. The summed E-state index contributed by atoms with van der Waals surface area (Å²) in [7, 11) is 2.00. The number of anilines is 1. The zero-order valence-electron chi connectivity index (χ0n) is 14.9. The van der Waals surface area contributed by atoms with Crippen LogP contribution in [0.3, 0.4) is 0 Å². The molecule has 1 heterocycles. The molecule has 0 saturated carbocycles. The summed E-state index contributed by atoms with van der Waals surface area (Å²) in [5.41, 5.74) is 3.96. The van der Waals surface area contributed by atoms with Gasteiger partial charge in [0, 0.05) is 48.1 Å². The number of hydrogen-bond donors (Lipinski definition) is 0. The van der Waals surface area contributed by atoms with Crippen LogP contribution < -0.4 is 4.90 Å². The average molecular weight is 365 g/mol. The highest BCUT2D eigenvalue weighted by molar-refractivity contribution is 5.73. The number of non-ortho nitro benzene ring substituents is 2. The number of likely N-dealkylation sites (N-methyl/N-ethyl adjacent to an activating group) is 1. The predicted molar refractivity (Wildman–Crippen MR) is 102 cm³/mol. The van der Waals surface area contributed by atoms with Crippen molar-refractivity contribution >= 4 is 17.1 Å². The van der Waals surface area contributed by atoms with Crippen LogP contribution in [-0.4, -0.2) is 16.9 Å². The largest absolute Gasteiger partial charge is 0.347 e. The molecule has 7 heteroatoms. The van der Waals surface area contributed by atoms with Crippen molar-refractivity contribution in [1.29, 1.82) is 0 Å². The van der Waals surface area contributed by atoms with Crippen molar-refractivity contribution in [1.82, 2.24) is 0 Å². The summed E-state index contributed by atoms with van der Waals surface area (Å²) in [6.45, 7) is 0. The van der Waals surface area contributed by atoms with Crippen molar-refractivity contribution in [3.63, 3.8) is 0 Å². The number of benzene rings is 2. The van der Waals surface area contributed by atoms with Crippen molar-refractivity contribution in [2.75, 3.05) is 11.9 Å². The van der Waals surface area contributed by atoms with Crippen LogP contribution in [-0.2, 0) is 11.8 Å². The molecule has 4 rings (SSSR count). The number of hydrogen-bond acceptors (Lipinski definition) is 5. The molecule has 0 aromatic heterocycles. The third-order valence-corrected chi connectivity index (χ3v) is 5.72. The summed E-state index contributed by atoms with van der Waals surface area (Å²) < 4.78 is 0. The number of nitro groups is 2. The van der Waals surface area contributed by atoms with Crippen LogP contribution in [0.2, 0.25) is 0 Å². The molecule has 0 spiro atoms. The Morgan fingerprint density at radius 1 is 1.04 bits per heavy atom. The first-order valence-corrected chi connectivity index (χ1v) is 8.89. The van der Waals surface area contributed by atoms with Gasteiger partial charge in [0.2, 0.25) is 0 Å². The van der Waals surface area contributed by atoms with E-state index in [9.17, 15) is 20.2 Å². The molecule has 7 nitrogen and oxygen atoms in total. The Kier molecular flexibility index (Phi) is 3.95. The van der Waals surface area contributed by atoms with Gasteiger partial charge in [-0.3, -0.25) is 20.2 Å². The molecule has 0 bridgehead atoms. The van der Waals surface area contributed by atoms with E-state index in [0.29, 0.717) is 6.42 Å². The van der Waals surface area contributed by atoms with Gasteiger partial charge in [0.15, 0.2) is 0 Å². The van der Waals surface area contributed by atoms with Gasteiger partial charge in [0.1, 0.15) is 0 Å². The molecule has 0 fully saturated rings. The van der Waals surface area contributed by atoms with E-state index in [1.807, 2.05) is 13.1 Å². The van der Waals surface area contributed by atoms with Gasteiger partial charge in [0.05, 0.1) is 9.85 Å². The van der Waals surface area contributed by atoms with Crippen LogP contribution >= 0.6 is 0 Å². The molecule has 2 aromatic rings. The number of allylic oxidation sites excluding steroid dienone is 2. The smallest absolute Gasteiger partial charge is 0.269 e.